The number of nitrogens with zero attached hydrogens (tertiary/aromatic N) is 2. The topological polar surface area (TPSA) is 62.7 Å². The monoisotopic (exact) mass is 396 g/mol. The van der Waals surface area contributed by atoms with Gasteiger partial charge in [0, 0.05) is 22.9 Å². The number of halogens is 1. The number of aromatic nitrogens is 1. The zero-order valence-corrected chi connectivity index (χ0v) is 15.1. The van der Waals surface area contributed by atoms with Crippen LogP contribution in [-0.2, 0) is 11.3 Å². The Morgan fingerprint density at radius 2 is 2.39 bits per heavy atom. The smallest absolute Gasteiger partial charge is 0.307 e. The molecule has 122 valence electrons. The minimum atomic E-state index is -0.703. The highest BCUT2D eigenvalue weighted by atomic mass is 79.9. The van der Waals surface area contributed by atoms with E-state index >= 15 is 0 Å². The van der Waals surface area contributed by atoms with E-state index in [0.29, 0.717) is 19.5 Å². The number of hydrogen-bond acceptors (Lipinski definition) is 5. The van der Waals surface area contributed by atoms with Crippen molar-refractivity contribution < 1.29 is 14.6 Å². The lowest BCUT2D eigenvalue weighted by Gasteiger charge is -2.13. The first kappa shape index (κ1) is 16.4. The molecule has 1 fully saturated rings. The Morgan fingerprint density at radius 3 is 3.09 bits per heavy atom. The molecule has 1 aromatic heterocycles. The van der Waals surface area contributed by atoms with Crippen LogP contribution in [0.25, 0.3) is 10.6 Å². The summed E-state index contributed by atoms with van der Waals surface area (Å²) in [6.45, 7) is 2.10. The number of hydrogen-bond donors (Lipinski definition) is 1. The Bertz CT molecular complexity index is 719. The van der Waals surface area contributed by atoms with Crippen LogP contribution in [0, 0.1) is 5.92 Å². The maximum Gasteiger partial charge on any atom is 0.307 e. The van der Waals surface area contributed by atoms with Gasteiger partial charge in [-0.3, -0.25) is 9.69 Å². The molecule has 1 aliphatic rings. The molecule has 1 N–H and O–H groups in total. The molecule has 7 heteroatoms. The summed E-state index contributed by atoms with van der Waals surface area (Å²) < 4.78 is 6.39. The lowest BCUT2D eigenvalue weighted by molar-refractivity contribution is -0.141. The summed E-state index contributed by atoms with van der Waals surface area (Å²) in [6, 6.07) is 5.85. The molecule has 0 saturated carbocycles. The number of aliphatic carboxylic acids is 1. The summed E-state index contributed by atoms with van der Waals surface area (Å²) >= 11 is 5.05. The number of thiazole rings is 1. The number of carbonyl (C=O) groups is 1. The summed E-state index contributed by atoms with van der Waals surface area (Å²) in [5, 5.41) is 12.0. The number of benzene rings is 1. The fourth-order valence-electron chi connectivity index (χ4n) is 2.76. The van der Waals surface area contributed by atoms with E-state index in [9.17, 15) is 4.79 Å². The Labute approximate surface area is 147 Å². The fraction of sp³-hybridized carbons (Fsp3) is 0.375. The molecule has 3 rings (SSSR count). The van der Waals surface area contributed by atoms with Crippen LogP contribution in [0.5, 0.6) is 5.75 Å². The summed E-state index contributed by atoms with van der Waals surface area (Å²) in [5.74, 6) is -0.162. The standard InChI is InChI=1S/C16H17BrN2O3S/c1-22-14-3-2-11(17)6-13(14)15-18-12(9-23-15)8-19-5-4-10(7-19)16(20)21/h2-3,6,9-10H,4-5,7-8H2,1H3,(H,20,21). The van der Waals surface area contributed by atoms with Gasteiger partial charge in [-0.25, -0.2) is 4.98 Å². The van der Waals surface area contributed by atoms with Crippen LogP contribution < -0.4 is 4.74 Å². The predicted octanol–water partition coefficient (Wildman–Crippen LogP) is 3.49. The van der Waals surface area contributed by atoms with Gasteiger partial charge in [0.2, 0.25) is 0 Å². The van der Waals surface area contributed by atoms with Gasteiger partial charge in [0.25, 0.3) is 0 Å². The van der Waals surface area contributed by atoms with Gasteiger partial charge in [-0.2, -0.15) is 0 Å². The minimum absolute atomic E-state index is 0.252. The lowest BCUT2D eigenvalue weighted by atomic mass is 10.1. The van der Waals surface area contributed by atoms with Crippen LogP contribution in [0.4, 0.5) is 0 Å². The molecule has 0 spiro atoms. The zero-order valence-electron chi connectivity index (χ0n) is 12.7. The molecule has 0 radical (unpaired) electrons. The first-order valence-electron chi connectivity index (χ1n) is 7.30. The lowest BCUT2D eigenvalue weighted by Crippen LogP contribution is -2.22. The van der Waals surface area contributed by atoms with E-state index in [0.717, 1.165) is 33.0 Å². The molecule has 0 aliphatic carbocycles. The summed E-state index contributed by atoms with van der Waals surface area (Å²) in [6.07, 6.45) is 0.714. The molecule has 0 amide bonds. The summed E-state index contributed by atoms with van der Waals surface area (Å²) in [5.41, 5.74) is 1.93. The highest BCUT2D eigenvalue weighted by molar-refractivity contribution is 9.10. The van der Waals surface area contributed by atoms with Gasteiger partial charge in [0.1, 0.15) is 10.8 Å². The van der Waals surface area contributed by atoms with E-state index in [2.05, 4.69) is 20.8 Å². The third kappa shape index (κ3) is 3.73. The Hall–Kier alpha value is -1.44. The highest BCUT2D eigenvalue weighted by Gasteiger charge is 2.28. The normalized spacial score (nSPS) is 18.3. The molecule has 1 saturated heterocycles. The molecule has 0 bridgehead atoms. The molecular weight excluding hydrogens is 380 g/mol. The third-order valence-corrected chi connectivity index (χ3v) is 5.37. The van der Waals surface area contributed by atoms with Gasteiger partial charge in [-0.05, 0) is 31.2 Å². The quantitative estimate of drug-likeness (QED) is 0.837. The van der Waals surface area contributed by atoms with Crippen molar-refractivity contribution in [2.24, 2.45) is 5.92 Å². The second-order valence-electron chi connectivity index (χ2n) is 5.55. The number of carboxylic acid groups (broad SMARTS) is 1. The molecule has 1 aliphatic heterocycles. The van der Waals surface area contributed by atoms with Gasteiger partial charge in [0.05, 0.1) is 24.3 Å². The second kappa shape index (κ2) is 6.98. The van der Waals surface area contributed by atoms with Crippen molar-refractivity contribution in [3.05, 3.63) is 33.7 Å². The van der Waals surface area contributed by atoms with Crippen LogP contribution in [0.2, 0.25) is 0 Å². The average Bonchev–Trinajstić information content (AvgIpc) is 3.17. The molecule has 1 unspecified atom stereocenters. The van der Waals surface area contributed by atoms with Crippen molar-refractivity contribution in [1.29, 1.82) is 0 Å². The SMILES string of the molecule is COc1ccc(Br)cc1-c1nc(CN2CCC(C(=O)O)C2)cs1. The number of carboxylic acids is 1. The van der Waals surface area contributed by atoms with E-state index in [1.807, 2.05) is 23.6 Å². The second-order valence-corrected chi connectivity index (χ2v) is 7.32. The van der Waals surface area contributed by atoms with Crippen molar-refractivity contribution >= 4 is 33.2 Å². The van der Waals surface area contributed by atoms with Crippen molar-refractivity contribution in [3.63, 3.8) is 0 Å². The van der Waals surface area contributed by atoms with E-state index in [1.165, 1.54) is 0 Å². The molecular formula is C16H17BrN2O3S. The molecule has 1 atom stereocenters. The predicted molar refractivity (Wildman–Crippen MR) is 92.8 cm³/mol. The van der Waals surface area contributed by atoms with E-state index in [1.54, 1.807) is 18.4 Å². The molecule has 2 aromatic rings. The van der Waals surface area contributed by atoms with Gasteiger partial charge in [-0.1, -0.05) is 15.9 Å². The maximum atomic E-state index is 11.0. The molecule has 1 aromatic carbocycles. The van der Waals surface area contributed by atoms with Crippen LogP contribution >= 0.6 is 27.3 Å². The van der Waals surface area contributed by atoms with Gasteiger partial charge in [0.15, 0.2) is 0 Å². The third-order valence-electron chi connectivity index (χ3n) is 3.95. The first-order valence-corrected chi connectivity index (χ1v) is 8.97. The van der Waals surface area contributed by atoms with Crippen molar-refractivity contribution in [2.45, 2.75) is 13.0 Å². The van der Waals surface area contributed by atoms with Crippen LogP contribution in [0.1, 0.15) is 12.1 Å². The summed E-state index contributed by atoms with van der Waals surface area (Å²) in [4.78, 5) is 17.9. The van der Waals surface area contributed by atoms with E-state index < -0.39 is 5.97 Å². The summed E-state index contributed by atoms with van der Waals surface area (Å²) in [7, 11) is 1.65. The van der Waals surface area contributed by atoms with Crippen molar-refractivity contribution in [2.75, 3.05) is 20.2 Å². The van der Waals surface area contributed by atoms with E-state index in [4.69, 9.17) is 14.8 Å². The van der Waals surface area contributed by atoms with Crippen LogP contribution in [0.15, 0.2) is 28.1 Å². The van der Waals surface area contributed by atoms with Gasteiger partial charge < -0.3 is 9.84 Å². The number of likely N-dealkylation sites (tertiary alicyclic amines) is 1. The fourth-order valence-corrected chi connectivity index (χ4v) is 3.95. The Morgan fingerprint density at radius 1 is 1.57 bits per heavy atom. The Kier molecular flexibility index (Phi) is 4.99. The maximum absolute atomic E-state index is 11.0. The number of ether oxygens (including phenoxy) is 1. The highest BCUT2D eigenvalue weighted by Crippen LogP contribution is 2.34. The first-order chi connectivity index (χ1) is 11.1. The number of rotatable bonds is 5. The largest absolute Gasteiger partial charge is 0.496 e. The van der Waals surface area contributed by atoms with Crippen LogP contribution in [-0.4, -0.2) is 41.2 Å². The Balaban J connectivity index is 1.74. The van der Waals surface area contributed by atoms with E-state index in [-0.39, 0.29) is 5.92 Å². The minimum Gasteiger partial charge on any atom is -0.496 e. The van der Waals surface area contributed by atoms with Crippen molar-refractivity contribution in [3.8, 4) is 16.3 Å². The zero-order chi connectivity index (χ0) is 16.4. The van der Waals surface area contributed by atoms with Crippen LogP contribution in [0.3, 0.4) is 0 Å². The average molecular weight is 397 g/mol. The molecule has 2 heterocycles. The van der Waals surface area contributed by atoms with Gasteiger partial charge >= 0.3 is 5.97 Å². The molecule has 5 nitrogen and oxygen atoms in total. The molecule has 23 heavy (non-hydrogen) atoms. The van der Waals surface area contributed by atoms with Gasteiger partial charge in [-0.15, -0.1) is 11.3 Å². The van der Waals surface area contributed by atoms with Crippen molar-refractivity contribution in [1.82, 2.24) is 9.88 Å². The number of methoxy groups -OCH3 is 1.